The molecule has 1 atom stereocenters. The van der Waals surface area contributed by atoms with E-state index in [4.69, 9.17) is 19.7 Å². The predicted molar refractivity (Wildman–Crippen MR) is 106 cm³/mol. The summed E-state index contributed by atoms with van der Waals surface area (Å²) in [5.74, 6) is -1.92. The van der Waals surface area contributed by atoms with E-state index in [1.54, 1.807) is 6.92 Å². The minimum absolute atomic E-state index is 0.562. The van der Waals surface area contributed by atoms with Crippen LogP contribution in [-0.2, 0) is 9.47 Å². The lowest BCUT2D eigenvalue weighted by molar-refractivity contribution is -0.308. The van der Waals surface area contributed by atoms with Crippen molar-refractivity contribution in [3.8, 4) is 0 Å². The summed E-state index contributed by atoms with van der Waals surface area (Å²) < 4.78 is 10.5. The summed E-state index contributed by atoms with van der Waals surface area (Å²) in [6, 6.07) is 0. The molecule has 0 bridgehead atoms. The third-order valence-corrected chi connectivity index (χ3v) is 4.73. The monoisotopic (exact) mass is 376 g/mol. The maximum atomic E-state index is 9.62. The first-order chi connectivity index (χ1) is 12.6. The van der Waals surface area contributed by atoms with E-state index in [-0.39, 0.29) is 0 Å². The van der Waals surface area contributed by atoms with Crippen LogP contribution in [-0.4, -0.2) is 47.2 Å². The Labute approximate surface area is 161 Å². The molecule has 0 aromatic carbocycles. The van der Waals surface area contributed by atoms with Crippen LogP contribution in [0, 0.1) is 0 Å². The Morgan fingerprint density at radius 3 is 1.46 bits per heavy atom. The van der Waals surface area contributed by atoms with Crippen molar-refractivity contribution in [2.24, 2.45) is 0 Å². The van der Waals surface area contributed by atoms with Gasteiger partial charge in [-0.1, -0.05) is 90.4 Å². The van der Waals surface area contributed by atoms with Crippen LogP contribution in [0.3, 0.4) is 0 Å². The quantitative estimate of drug-likeness (QED) is 0.215. The Balaban J connectivity index is 3.26. The maximum absolute atomic E-state index is 9.62. The molecule has 26 heavy (non-hydrogen) atoms. The molecule has 0 aliphatic heterocycles. The Morgan fingerprint density at radius 1 is 0.692 bits per heavy atom. The van der Waals surface area contributed by atoms with Gasteiger partial charge in [0, 0.05) is 6.61 Å². The number of aliphatic hydroxyl groups is 3. The highest BCUT2D eigenvalue weighted by atomic mass is 16.7. The summed E-state index contributed by atoms with van der Waals surface area (Å²) in [5, 5.41) is 27.5. The van der Waals surface area contributed by atoms with Gasteiger partial charge in [-0.05, 0) is 13.3 Å². The van der Waals surface area contributed by atoms with Gasteiger partial charge >= 0.3 is 0 Å². The molecule has 0 radical (unpaired) electrons. The van der Waals surface area contributed by atoms with Gasteiger partial charge in [-0.2, -0.15) is 0 Å². The van der Waals surface area contributed by atoms with Crippen molar-refractivity contribution in [2.45, 2.75) is 116 Å². The smallest absolute Gasteiger partial charge is 0.215 e. The molecule has 0 rings (SSSR count). The van der Waals surface area contributed by atoms with Crippen molar-refractivity contribution < 1.29 is 24.8 Å². The molecule has 0 heterocycles. The van der Waals surface area contributed by atoms with Gasteiger partial charge in [0.25, 0.3) is 0 Å². The van der Waals surface area contributed by atoms with Crippen LogP contribution in [0.1, 0.15) is 104 Å². The number of hydrogen-bond acceptors (Lipinski definition) is 5. The molecule has 5 heteroatoms. The van der Waals surface area contributed by atoms with Gasteiger partial charge in [0.15, 0.2) is 6.29 Å². The molecule has 3 N–H and O–H groups in total. The van der Waals surface area contributed by atoms with Gasteiger partial charge in [0.2, 0.25) is 5.79 Å². The van der Waals surface area contributed by atoms with E-state index in [1.807, 2.05) is 0 Å². The number of unbranched alkanes of at least 4 members (excludes halogenated alkanes) is 13. The Morgan fingerprint density at radius 2 is 1.08 bits per heavy atom. The second-order valence-corrected chi connectivity index (χ2v) is 7.41. The molecule has 0 saturated heterocycles. The van der Waals surface area contributed by atoms with Gasteiger partial charge < -0.3 is 24.8 Å². The second kappa shape index (κ2) is 18.2. The van der Waals surface area contributed by atoms with Crippen molar-refractivity contribution in [3.05, 3.63) is 0 Å². The van der Waals surface area contributed by atoms with Crippen molar-refractivity contribution in [2.75, 3.05) is 19.8 Å². The molecule has 0 saturated carbocycles. The largest absolute Gasteiger partial charge is 0.391 e. The average molecular weight is 377 g/mol. The maximum Gasteiger partial charge on any atom is 0.215 e. The molecule has 0 fully saturated rings. The van der Waals surface area contributed by atoms with Gasteiger partial charge in [-0.15, -0.1) is 0 Å². The zero-order valence-corrected chi connectivity index (χ0v) is 17.3. The minimum Gasteiger partial charge on any atom is -0.391 e. The fraction of sp³-hybridized carbons (Fsp3) is 1.00. The number of aliphatic hydroxyl groups excluding tert-OH is 2. The Kier molecular flexibility index (Phi) is 18.0. The zero-order chi connectivity index (χ0) is 19.5. The molecule has 0 aliphatic carbocycles. The van der Waals surface area contributed by atoms with Crippen molar-refractivity contribution >= 4 is 0 Å². The zero-order valence-electron chi connectivity index (χ0n) is 17.3. The van der Waals surface area contributed by atoms with E-state index in [0.29, 0.717) is 6.61 Å². The van der Waals surface area contributed by atoms with E-state index in [2.05, 4.69) is 6.92 Å². The molecule has 0 aliphatic rings. The molecule has 1 unspecified atom stereocenters. The third-order valence-electron chi connectivity index (χ3n) is 4.73. The average Bonchev–Trinajstić information content (AvgIpc) is 2.64. The molecular formula is C21H44O5. The second-order valence-electron chi connectivity index (χ2n) is 7.41. The van der Waals surface area contributed by atoms with Gasteiger partial charge in [0.1, 0.15) is 0 Å². The fourth-order valence-electron chi connectivity index (χ4n) is 3.01. The van der Waals surface area contributed by atoms with Gasteiger partial charge in [0.05, 0.1) is 13.2 Å². The Hall–Kier alpha value is -0.200. The van der Waals surface area contributed by atoms with Gasteiger partial charge in [-0.3, -0.25) is 0 Å². The summed E-state index contributed by atoms with van der Waals surface area (Å²) in [5.41, 5.74) is 0. The summed E-state index contributed by atoms with van der Waals surface area (Å²) in [6.07, 6.45) is 17.8. The normalized spacial score (nSPS) is 13.3. The lowest BCUT2D eigenvalue weighted by Gasteiger charge is -2.27. The first kappa shape index (κ1) is 25.8. The molecular weight excluding hydrogens is 332 g/mol. The molecule has 0 spiro atoms. The van der Waals surface area contributed by atoms with E-state index >= 15 is 0 Å². The highest BCUT2D eigenvalue weighted by Crippen LogP contribution is 2.14. The van der Waals surface area contributed by atoms with E-state index in [9.17, 15) is 5.11 Å². The van der Waals surface area contributed by atoms with Crippen LogP contribution in [0.5, 0.6) is 0 Å². The van der Waals surface area contributed by atoms with Crippen molar-refractivity contribution in [1.29, 1.82) is 0 Å². The van der Waals surface area contributed by atoms with Crippen LogP contribution in [0.2, 0.25) is 0 Å². The molecule has 0 aromatic heterocycles. The fourth-order valence-corrected chi connectivity index (χ4v) is 3.01. The van der Waals surface area contributed by atoms with Crippen molar-refractivity contribution in [1.82, 2.24) is 0 Å². The van der Waals surface area contributed by atoms with E-state index in [1.165, 1.54) is 77.0 Å². The van der Waals surface area contributed by atoms with E-state index < -0.39 is 25.3 Å². The molecule has 5 nitrogen and oxygen atoms in total. The lowest BCUT2D eigenvalue weighted by Crippen LogP contribution is -2.43. The lowest BCUT2D eigenvalue weighted by atomic mass is 10.0. The SMILES string of the molecule is CCCCCCCCCCCCCCCCOC(C)OC(O)(CO)CO. The van der Waals surface area contributed by atoms with Crippen LogP contribution < -0.4 is 0 Å². The summed E-state index contributed by atoms with van der Waals surface area (Å²) in [4.78, 5) is 0. The summed E-state index contributed by atoms with van der Waals surface area (Å²) in [6.45, 7) is 3.16. The first-order valence-corrected chi connectivity index (χ1v) is 10.8. The standard InChI is InChI=1S/C21H44O5/c1-3-4-5-6-7-8-9-10-11-12-13-14-15-16-17-25-20(2)26-21(24,18-22)19-23/h20,22-24H,3-19H2,1-2H3. The van der Waals surface area contributed by atoms with E-state index in [0.717, 1.165) is 12.8 Å². The van der Waals surface area contributed by atoms with Gasteiger partial charge in [-0.25, -0.2) is 0 Å². The summed E-state index contributed by atoms with van der Waals surface area (Å²) in [7, 11) is 0. The summed E-state index contributed by atoms with van der Waals surface area (Å²) >= 11 is 0. The predicted octanol–water partition coefficient (Wildman–Crippen LogP) is 4.52. The van der Waals surface area contributed by atoms with Crippen LogP contribution in [0.15, 0.2) is 0 Å². The minimum atomic E-state index is -1.92. The van der Waals surface area contributed by atoms with Crippen LogP contribution in [0.25, 0.3) is 0 Å². The first-order valence-electron chi connectivity index (χ1n) is 10.8. The topological polar surface area (TPSA) is 79.2 Å². The third kappa shape index (κ3) is 16.0. The molecule has 0 amide bonds. The van der Waals surface area contributed by atoms with Crippen LogP contribution >= 0.6 is 0 Å². The number of ether oxygens (including phenoxy) is 2. The highest BCUT2D eigenvalue weighted by molar-refractivity contribution is 4.63. The molecule has 0 aromatic rings. The highest BCUT2D eigenvalue weighted by Gasteiger charge is 2.28. The number of hydrogen-bond donors (Lipinski definition) is 3. The Bertz CT molecular complexity index is 282. The van der Waals surface area contributed by atoms with Crippen molar-refractivity contribution in [3.63, 3.8) is 0 Å². The molecule has 158 valence electrons. The number of rotatable bonds is 20. The van der Waals surface area contributed by atoms with Crippen LogP contribution in [0.4, 0.5) is 0 Å².